The molecule has 3 aromatic rings. The van der Waals surface area contributed by atoms with Gasteiger partial charge in [0.05, 0.1) is 37.6 Å². The van der Waals surface area contributed by atoms with E-state index in [2.05, 4.69) is 10.4 Å². The third-order valence-corrected chi connectivity index (χ3v) is 5.15. The number of anilines is 1. The lowest BCUT2D eigenvalue weighted by molar-refractivity contribution is -0.146. The van der Waals surface area contributed by atoms with Crippen molar-refractivity contribution in [1.29, 1.82) is 0 Å². The maximum atomic E-state index is 13.0. The number of benzene rings is 2. The number of carbonyl (C=O) groups is 3. The summed E-state index contributed by atoms with van der Waals surface area (Å²) >= 11 is 0. The van der Waals surface area contributed by atoms with Crippen LogP contribution in [0.15, 0.2) is 66.7 Å². The molecule has 0 fully saturated rings. The Bertz CT molecular complexity index is 1120. The number of carbonyl (C=O) groups excluding carboxylic acids is 3. The van der Waals surface area contributed by atoms with Crippen molar-refractivity contribution >= 4 is 23.6 Å². The Kier molecular flexibility index (Phi) is 9.56. The Labute approximate surface area is 204 Å². The van der Waals surface area contributed by atoms with Gasteiger partial charge in [-0.3, -0.25) is 14.4 Å². The van der Waals surface area contributed by atoms with Gasteiger partial charge < -0.3 is 19.7 Å². The van der Waals surface area contributed by atoms with Crippen LogP contribution in [0.5, 0.6) is 0 Å². The molecule has 0 spiro atoms. The van der Waals surface area contributed by atoms with E-state index < -0.39 is 5.97 Å². The fourth-order valence-electron chi connectivity index (χ4n) is 3.44. The second kappa shape index (κ2) is 13.0. The predicted octanol–water partition coefficient (Wildman–Crippen LogP) is 3.30. The molecule has 0 atom stereocenters. The van der Waals surface area contributed by atoms with Gasteiger partial charge in [0.2, 0.25) is 11.8 Å². The molecule has 0 saturated carbocycles. The predicted molar refractivity (Wildman–Crippen MR) is 132 cm³/mol. The Morgan fingerprint density at radius 1 is 1.00 bits per heavy atom. The summed E-state index contributed by atoms with van der Waals surface area (Å²) in [6.45, 7) is 2.25. The van der Waals surface area contributed by atoms with E-state index >= 15 is 0 Å². The molecule has 35 heavy (non-hydrogen) atoms. The molecule has 0 radical (unpaired) electrons. The van der Waals surface area contributed by atoms with E-state index in [1.165, 1.54) is 12.0 Å². The van der Waals surface area contributed by atoms with Crippen LogP contribution in [0.3, 0.4) is 0 Å². The number of esters is 1. The second-order valence-corrected chi connectivity index (χ2v) is 7.69. The first-order valence-electron chi connectivity index (χ1n) is 11.4. The first-order valence-corrected chi connectivity index (χ1v) is 11.4. The van der Waals surface area contributed by atoms with E-state index in [1.807, 2.05) is 60.7 Å². The number of aromatic nitrogens is 2. The van der Waals surface area contributed by atoms with Gasteiger partial charge in [0.1, 0.15) is 5.82 Å². The average molecular weight is 479 g/mol. The molecule has 0 aliphatic carbocycles. The summed E-state index contributed by atoms with van der Waals surface area (Å²) in [4.78, 5) is 38.7. The lowest BCUT2D eigenvalue weighted by atomic mass is 10.1. The van der Waals surface area contributed by atoms with Gasteiger partial charge in [-0.15, -0.1) is 0 Å². The van der Waals surface area contributed by atoms with Crippen LogP contribution < -0.4 is 5.32 Å². The summed E-state index contributed by atoms with van der Waals surface area (Å²) in [7, 11) is 1.52. The van der Waals surface area contributed by atoms with Gasteiger partial charge in [-0.25, -0.2) is 4.68 Å². The Morgan fingerprint density at radius 2 is 1.69 bits per heavy atom. The summed E-state index contributed by atoms with van der Waals surface area (Å²) in [6.07, 6.45) is -0.0884. The largest absolute Gasteiger partial charge is 0.466 e. The van der Waals surface area contributed by atoms with Gasteiger partial charge in [-0.05, 0) is 19.1 Å². The normalized spacial score (nSPS) is 10.6. The van der Waals surface area contributed by atoms with Crippen LogP contribution in [0.4, 0.5) is 5.82 Å². The van der Waals surface area contributed by atoms with Crippen LogP contribution >= 0.6 is 0 Å². The molecule has 9 heteroatoms. The molecule has 184 valence electrons. The molecule has 0 aliphatic heterocycles. The topological polar surface area (TPSA) is 103 Å². The molecule has 1 aromatic heterocycles. The number of hydrogen-bond donors (Lipinski definition) is 1. The van der Waals surface area contributed by atoms with E-state index in [1.54, 1.807) is 17.7 Å². The zero-order valence-corrected chi connectivity index (χ0v) is 20.0. The van der Waals surface area contributed by atoms with Gasteiger partial charge >= 0.3 is 5.97 Å². The van der Waals surface area contributed by atoms with Gasteiger partial charge in [-0.1, -0.05) is 48.5 Å². The molecular formula is C26H30N4O5. The van der Waals surface area contributed by atoms with E-state index in [0.717, 1.165) is 11.3 Å². The first kappa shape index (κ1) is 25.6. The zero-order valence-electron chi connectivity index (χ0n) is 20.0. The van der Waals surface area contributed by atoms with Crippen LogP contribution in [0.1, 0.15) is 19.8 Å². The summed E-state index contributed by atoms with van der Waals surface area (Å²) in [5, 5.41) is 7.57. The van der Waals surface area contributed by atoms with Crippen molar-refractivity contribution in [3.63, 3.8) is 0 Å². The highest BCUT2D eigenvalue weighted by molar-refractivity contribution is 5.95. The monoisotopic (exact) mass is 478 g/mol. The van der Waals surface area contributed by atoms with Gasteiger partial charge in [0.15, 0.2) is 0 Å². The molecule has 0 aliphatic rings. The third-order valence-electron chi connectivity index (χ3n) is 5.15. The number of para-hydroxylation sites is 1. The Hall–Kier alpha value is -3.98. The lowest BCUT2D eigenvalue weighted by Crippen LogP contribution is -2.40. The number of hydrogen-bond acceptors (Lipinski definition) is 6. The van der Waals surface area contributed by atoms with E-state index in [-0.39, 0.29) is 51.0 Å². The van der Waals surface area contributed by atoms with Crippen molar-refractivity contribution in [2.24, 2.45) is 0 Å². The Balaban J connectivity index is 1.77. The number of nitrogens with zero attached hydrogens (tertiary/aromatic N) is 3. The molecule has 0 bridgehead atoms. The Morgan fingerprint density at radius 3 is 2.34 bits per heavy atom. The van der Waals surface area contributed by atoms with Crippen LogP contribution in [-0.2, 0) is 23.9 Å². The van der Waals surface area contributed by atoms with Crippen molar-refractivity contribution < 1.29 is 23.9 Å². The molecule has 1 N–H and O–H groups in total. The first-order chi connectivity index (χ1) is 17.0. The number of ether oxygens (including phenoxy) is 2. The van der Waals surface area contributed by atoms with Crippen LogP contribution in [0.25, 0.3) is 16.9 Å². The molecular weight excluding hydrogens is 448 g/mol. The maximum absolute atomic E-state index is 13.0. The summed E-state index contributed by atoms with van der Waals surface area (Å²) < 4.78 is 11.6. The SMILES string of the molecule is CCOC(=O)CCC(=O)N(CCOC)CC(=O)Nc1cc(-c2ccccc2)nn1-c1ccccc1. The minimum absolute atomic E-state index is 0.0427. The van der Waals surface area contributed by atoms with Crippen LogP contribution in [-0.4, -0.2) is 65.9 Å². The average Bonchev–Trinajstić information content (AvgIpc) is 3.30. The van der Waals surface area contributed by atoms with Gasteiger partial charge in [0, 0.05) is 31.7 Å². The molecule has 2 aromatic carbocycles. The summed E-state index contributed by atoms with van der Waals surface area (Å²) in [5.41, 5.74) is 2.40. The number of amides is 2. The quantitative estimate of drug-likeness (QED) is 0.401. The number of methoxy groups -OCH3 is 1. The molecule has 0 unspecified atom stereocenters. The fourth-order valence-corrected chi connectivity index (χ4v) is 3.44. The van der Waals surface area contributed by atoms with Crippen molar-refractivity contribution in [1.82, 2.24) is 14.7 Å². The second-order valence-electron chi connectivity index (χ2n) is 7.69. The van der Waals surface area contributed by atoms with Gasteiger partial charge in [0.25, 0.3) is 0 Å². The zero-order chi connectivity index (χ0) is 25.0. The highest BCUT2D eigenvalue weighted by Gasteiger charge is 2.20. The molecule has 3 rings (SSSR count). The maximum Gasteiger partial charge on any atom is 0.306 e. The van der Waals surface area contributed by atoms with E-state index in [4.69, 9.17) is 9.47 Å². The summed E-state index contributed by atoms with van der Waals surface area (Å²) in [6, 6.07) is 20.9. The molecule has 1 heterocycles. The fraction of sp³-hybridized carbons (Fsp3) is 0.308. The van der Waals surface area contributed by atoms with Crippen LogP contribution in [0.2, 0.25) is 0 Å². The lowest BCUT2D eigenvalue weighted by Gasteiger charge is -2.22. The van der Waals surface area contributed by atoms with E-state index in [9.17, 15) is 14.4 Å². The van der Waals surface area contributed by atoms with Gasteiger partial charge in [-0.2, -0.15) is 5.10 Å². The smallest absolute Gasteiger partial charge is 0.306 e. The van der Waals surface area contributed by atoms with Crippen molar-refractivity contribution in [3.8, 4) is 16.9 Å². The minimum atomic E-state index is -0.447. The standard InChI is InChI=1S/C26H30N4O5/c1-3-35-26(33)15-14-25(32)29(16-17-34-2)19-24(31)27-23-18-22(20-10-6-4-7-11-20)28-30(23)21-12-8-5-9-13-21/h4-13,18H,3,14-17,19H2,1-2H3,(H,27,31). The molecule has 9 nitrogen and oxygen atoms in total. The highest BCUT2D eigenvalue weighted by Crippen LogP contribution is 2.24. The van der Waals surface area contributed by atoms with Crippen molar-refractivity contribution in [2.45, 2.75) is 19.8 Å². The number of nitrogens with one attached hydrogen (secondary N) is 1. The van der Waals surface area contributed by atoms with Crippen LogP contribution in [0, 0.1) is 0 Å². The van der Waals surface area contributed by atoms with Crippen molar-refractivity contribution in [3.05, 3.63) is 66.7 Å². The van der Waals surface area contributed by atoms with Crippen molar-refractivity contribution in [2.75, 3.05) is 38.7 Å². The highest BCUT2D eigenvalue weighted by atomic mass is 16.5. The molecule has 0 saturated heterocycles. The molecule has 2 amide bonds. The third kappa shape index (κ3) is 7.51. The van der Waals surface area contributed by atoms with E-state index in [0.29, 0.717) is 11.5 Å². The number of rotatable bonds is 12. The summed E-state index contributed by atoms with van der Waals surface area (Å²) in [5.74, 6) is -0.683. The minimum Gasteiger partial charge on any atom is -0.466 e.